The average Bonchev–Trinajstić information content (AvgIpc) is 3.09. The highest BCUT2D eigenvalue weighted by Crippen LogP contribution is 2.38. The van der Waals surface area contributed by atoms with Gasteiger partial charge in [-0.25, -0.2) is 9.59 Å². The summed E-state index contributed by atoms with van der Waals surface area (Å²) >= 11 is 7.77. The number of benzene rings is 1. The number of carbonyl (C=O) groups is 3. The van der Waals surface area contributed by atoms with E-state index in [1.807, 2.05) is 12.1 Å². The number of nitrogens with one attached hydrogen (secondary N) is 1. The summed E-state index contributed by atoms with van der Waals surface area (Å²) < 4.78 is 11.8. The number of nitrogens with zero attached hydrogens (tertiary/aromatic N) is 1. The maximum absolute atomic E-state index is 11.5. The van der Waals surface area contributed by atoms with Gasteiger partial charge in [-0.15, -0.1) is 11.8 Å². The summed E-state index contributed by atoms with van der Waals surface area (Å²) in [7, 11) is 0. The topological polar surface area (TPSA) is 125 Å². The van der Waals surface area contributed by atoms with Gasteiger partial charge in [-0.05, 0) is 25.0 Å². The number of likely N-dealkylation sites (tertiary alicyclic amines) is 1. The second-order valence-electron chi connectivity index (χ2n) is 7.28. The number of hydrogen-bond acceptors (Lipinski definition) is 7. The molecular formula is C20H23ClN2O7S. The molecule has 0 aliphatic carbocycles. The fourth-order valence-corrected chi connectivity index (χ4v) is 4.81. The largest absolute Gasteiger partial charge is 0.486 e. The number of piperidine rings is 1. The summed E-state index contributed by atoms with van der Waals surface area (Å²) in [4.78, 5) is 32.9. The van der Waals surface area contributed by atoms with E-state index in [0.29, 0.717) is 29.5 Å². The molecule has 2 fully saturated rings. The van der Waals surface area contributed by atoms with Crippen molar-refractivity contribution in [2.45, 2.75) is 23.8 Å². The second kappa shape index (κ2) is 10.3. The standard InChI is InChI=1S/C16H19ClN2O3S.C4H4O4/c17-11-1-2-13-14(7-11)22-12(9-21-13)8-19-5-3-16(4-6-19)18-15(20)10-23-16;5-3(6)1-2-4(7)8/h1-2,7,12H,3-6,8-10H2,(H,18,20);1-2H,(H,5,6)(H,7,8). The van der Waals surface area contributed by atoms with Crippen LogP contribution in [0.3, 0.4) is 0 Å². The Labute approximate surface area is 188 Å². The molecule has 1 atom stereocenters. The number of carboxylic acid groups (broad SMARTS) is 2. The summed E-state index contributed by atoms with van der Waals surface area (Å²) in [5.74, 6) is -0.271. The summed E-state index contributed by atoms with van der Waals surface area (Å²) in [5.41, 5.74) is 0. The van der Waals surface area contributed by atoms with Gasteiger partial charge >= 0.3 is 11.9 Å². The quantitative estimate of drug-likeness (QED) is 0.565. The molecule has 3 aliphatic heterocycles. The third-order valence-corrected chi connectivity index (χ3v) is 6.67. The molecule has 0 saturated carbocycles. The SMILES string of the molecule is O=C(O)C=CC(=O)O.O=C1CSC2(CCN(CC3COc4ccc(Cl)cc4O3)CC2)N1. The minimum atomic E-state index is -1.26. The van der Waals surface area contributed by atoms with E-state index in [9.17, 15) is 14.4 Å². The monoisotopic (exact) mass is 470 g/mol. The van der Waals surface area contributed by atoms with E-state index in [1.165, 1.54) is 0 Å². The third-order valence-electron chi connectivity index (χ3n) is 4.96. The molecular weight excluding hydrogens is 448 g/mol. The Hall–Kier alpha value is -2.43. The summed E-state index contributed by atoms with van der Waals surface area (Å²) in [5, 5.41) is 19.4. The van der Waals surface area contributed by atoms with Crippen LogP contribution in [0.4, 0.5) is 0 Å². The maximum Gasteiger partial charge on any atom is 0.328 e. The number of hydrogen-bond donors (Lipinski definition) is 3. The van der Waals surface area contributed by atoms with Crippen molar-refractivity contribution in [3.8, 4) is 11.5 Å². The van der Waals surface area contributed by atoms with E-state index in [2.05, 4.69) is 10.2 Å². The molecule has 3 heterocycles. The molecule has 2 saturated heterocycles. The second-order valence-corrected chi connectivity index (χ2v) is 9.08. The first kappa shape index (κ1) is 23.2. The first-order valence-electron chi connectivity index (χ1n) is 9.65. The zero-order valence-corrected chi connectivity index (χ0v) is 18.2. The van der Waals surface area contributed by atoms with Crippen LogP contribution in [0.15, 0.2) is 30.4 Å². The first-order chi connectivity index (χ1) is 14.7. The lowest BCUT2D eigenvalue weighted by Gasteiger charge is -2.40. The Morgan fingerprint density at radius 3 is 2.48 bits per heavy atom. The number of thioether (sulfide) groups is 1. The summed E-state index contributed by atoms with van der Waals surface area (Å²) in [6.07, 6.45) is 3.10. The minimum Gasteiger partial charge on any atom is -0.486 e. The van der Waals surface area contributed by atoms with Crippen LogP contribution in [0.5, 0.6) is 11.5 Å². The van der Waals surface area contributed by atoms with Gasteiger partial charge in [-0.3, -0.25) is 9.69 Å². The Balaban J connectivity index is 0.000000293. The van der Waals surface area contributed by atoms with Crippen LogP contribution in [0.1, 0.15) is 12.8 Å². The molecule has 3 aliphatic rings. The van der Waals surface area contributed by atoms with Crippen LogP contribution in [0, 0.1) is 0 Å². The molecule has 1 unspecified atom stereocenters. The molecule has 1 spiro atoms. The molecule has 11 heteroatoms. The Bertz CT molecular complexity index is 855. The minimum absolute atomic E-state index is 0.0147. The van der Waals surface area contributed by atoms with Gasteiger partial charge in [0.15, 0.2) is 11.5 Å². The molecule has 168 valence electrons. The molecule has 0 aromatic heterocycles. The summed E-state index contributed by atoms with van der Waals surface area (Å²) in [6.45, 7) is 3.33. The highest BCUT2D eigenvalue weighted by molar-refractivity contribution is 8.01. The number of ether oxygens (including phenoxy) is 2. The van der Waals surface area contributed by atoms with Gasteiger partial charge in [0.2, 0.25) is 5.91 Å². The fraction of sp³-hybridized carbons (Fsp3) is 0.450. The van der Waals surface area contributed by atoms with E-state index in [1.54, 1.807) is 17.8 Å². The molecule has 1 amide bonds. The number of amides is 1. The molecule has 1 aromatic rings. The van der Waals surface area contributed by atoms with E-state index >= 15 is 0 Å². The lowest BCUT2D eigenvalue weighted by atomic mass is 10.0. The number of carboxylic acids is 2. The van der Waals surface area contributed by atoms with E-state index in [4.69, 9.17) is 31.3 Å². The summed E-state index contributed by atoms with van der Waals surface area (Å²) in [6, 6.07) is 5.46. The van der Waals surface area contributed by atoms with Crippen molar-refractivity contribution in [3.63, 3.8) is 0 Å². The number of aliphatic carboxylic acids is 2. The highest BCUT2D eigenvalue weighted by atomic mass is 35.5. The van der Waals surface area contributed by atoms with Gasteiger partial charge in [0.25, 0.3) is 0 Å². The molecule has 31 heavy (non-hydrogen) atoms. The van der Waals surface area contributed by atoms with Crippen molar-refractivity contribution in [2.75, 3.05) is 32.0 Å². The van der Waals surface area contributed by atoms with Crippen molar-refractivity contribution in [1.29, 1.82) is 0 Å². The lowest BCUT2D eigenvalue weighted by molar-refractivity contribution is -0.134. The van der Waals surface area contributed by atoms with E-state index < -0.39 is 11.9 Å². The van der Waals surface area contributed by atoms with E-state index in [-0.39, 0.29) is 16.9 Å². The van der Waals surface area contributed by atoms with Crippen LogP contribution in [0.25, 0.3) is 0 Å². The zero-order chi connectivity index (χ0) is 22.4. The smallest absolute Gasteiger partial charge is 0.328 e. The molecule has 3 N–H and O–H groups in total. The van der Waals surface area contributed by atoms with Crippen molar-refractivity contribution >= 4 is 41.2 Å². The number of fused-ring (bicyclic) bond motifs is 1. The lowest BCUT2D eigenvalue weighted by Crippen LogP contribution is -2.52. The van der Waals surface area contributed by atoms with Crippen molar-refractivity contribution < 1.29 is 34.1 Å². The number of carbonyl (C=O) groups excluding carboxylic acids is 1. The predicted molar refractivity (Wildman–Crippen MR) is 115 cm³/mol. The normalized spacial score (nSPS) is 22.0. The molecule has 1 aromatic carbocycles. The molecule has 4 rings (SSSR count). The maximum atomic E-state index is 11.5. The van der Waals surface area contributed by atoms with Gasteiger partial charge < -0.3 is 25.0 Å². The van der Waals surface area contributed by atoms with E-state index in [0.717, 1.165) is 44.0 Å². The van der Waals surface area contributed by atoms with Crippen molar-refractivity contribution in [1.82, 2.24) is 10.2 Å². The predicted octanol–water partition coefficient (Wildman–Crippen LogP) is 1.85. The Kier molecular flexibility index (Phi) is 7.69. The average molecular weight is 471 g/mol. The van der Waals surface area contributed by atoms with Crippen LogP contribution >= 0.6 is 23.4 Å². The van der Waals surface area contributed by atoms with Crippen LogP contribution in [0.2, 0.25) is 5.02 Å². The Morgan fingerprint density at radius 2 is 1.90 bits per heavy atom. The highest BCUT2D eigenvalue weighted by Gasteiger charge is 2.41. The van der Waals surface area contributed by atoms with Gasteiger partial charge in [0.05, 0.1) is 10.6 Å². The van der Waals surface area contributed by atoms with Crippen LogP contribution < -0.4 is 14.8 Å². The van der Waals surface area contributed by atoms with Gasteiger partial charge in [-0.2, -0.15) is 0 Å². The number of rotatable bonds is 4. The van der Waals surface area contributed by atoms with Gasteiger partial charge in [-0.1, -0.05) is 11.6 Å². The van der Waals surface area contributed by atoms with Crippen molar-refractivity contribution in [3.05, 3.63) is 35.4 Å². The Morgan fingerprint density at radius 1 is 1.23 bits per heavy atom. The third kappa shape index (κ3) is 6.78. The van der Waals surface area contributed by atoms with Gasteiger partial charge in [0.1, 0.15) is 12.7 Å². The number of halogens is 1. The zero-order valence-electron chi connectivity index (χ0n) is 16.6. The first-order valence-corrected chi connectivity index (χ1v) is 11.0. The van der Waals surface area contributed by atoms with Crippen molar-refractivity contribution in [2.24, 2.45) is 0 Å². The molecule has 0 radical (unpaired) electrons. The van der Waals surface area contributed by atoms with Crippen LogP contribution in [-0.2, 0) is 14.4 Å². The fourth-order valence-electron chi connectivity index (χ4n) is 3.51. The molecule has 0 bridgehead atoms. The molecule has 9 nitrogen and oxygen atoms in total. The van der Waals surface area contributed by atoms with Crippen LogP contribution in [-0.4, -0.2) is 75.9 Å². The van der Waals surface area contributed by atoms with Gasteiger partial charge in [0, 0.05) is 42.9 Å².